The second kappa shape index (κ2) is 4.77. The molecule has 0 fully saturated rings. The number of rotatable bonds is 4. The van der Waals surface area contributed by atoms with E-state index in [0.29, 0.717) is 0 Å². The highest BCUT2D eigenvalue weighted by Crippen LogP contribution is 2.26. The van der Waals surface area contributed by atoms with Gasteiger partial charge in [-0.15, -0.1) is 0 Å². The van der Waals surface area contributed by atoms with Gasteiger partial charge >= 0.3 is 16.0 Å². The van der Waals surface area contributed by atoms with Crippen LogP contribution in [0.25, 0.3) is 0 Å². The summed E-state index contributed by atoms with van der Waals surface area (Å²) in [6, 6.07) is -1.07. The Hall–Kier alpha value is -0.523. The Morgan fingerprint density at radius 3 is 2.25 bits per heavy atom. The molecule has 0 saturated heterocycles. The molecule has 0 bridgehead atoms. The third kappa shape index (κ3) is 2.59. The van der Waals surface area contributed by atoms with Crippen molar-refractivity contribution < 1.29 is 17.4 Å². The number of halogens is 3. The van der Waals surface area contributed by atoms with Gasteiger partial charge in [-0.25, -0.2) is 0 Å². The predicted octanol–water partition coefficient (Wildman–Crippen LogP) is 2.41. The fourth-order valence-electron chi connectivity index (χ4n) is 1.64. The lowest BCUT2D eigenvalue weighted by Gasteiger charge is -2.34. The molecule has 0 aromatic carbocycles. The van der Waals surface area contributed by atoms with Gasteiger partial charge in [0.1, 0.15) is 0 Å². The maximum absolute atomic E-state index is 12.6. The van der Waals surface area contributed by atoms with E-state index in [4.69, 9.17) is 0 Å². The lowest BCUT2D eigenvalue weighted by molar-refractivity contribution is -0.508. The van der Waals surface area contributed by atoms with Crippen LogP contribution >= 0.6 is 0 Å². The van der Waals surface area contributed by atoms with Crippen molar-refractivity contribution in [3.8, 4) is 0 Å². The minimum Gasteiger partial charge on any atom is -0.271 e. The largest absolute Gasteiger partial charge is 0.645 e. The number of nitrogens with zero attached hydrogens (tertiary/aromatic N) is 2. The minimum atomic E-state index is -4.13. The Bertz CT molecular complexity index is 286. The van der Waals surface area contributed by atoms with E-state index in [1.807, 2.05) is 20.8 Å². The van der Waals surface area contributed by atoms with E-state index < -0.39 is 12.2 Å². The molecule has 0 aromatic heterocycles. The van der Waals surface area contributed by atoms with Crippen LogP contribution in [0.3, 0.4) is 0 Å². The van der Waals surface area contributed by atoms with Gasteiger partial charge in [-0.2, -0.15) is 13.2 Å². The molecule has 92 valence electrons. The third-order valence-electron chi connectivity index (χ3n) is 2.62. The van der Waals surface area contributed by atoms with Gasteiger partial charge in [0.05, 0.1) is 6.04 Å². The average Bonchev–Trinajstić information content (AvgIpc) is 2.10. The first-order valence-corrected chi connectivity index (χ1v) is 6.45. The first-order valence-electron chi connectivity index (χ1n) is 5.56. The van der Waals surface area contributed by atoms with Crippen LogP contribution in [0.5, 0.6) is 0 Å². The maximum Gasteiger partial charge on any atom is 0.645 e. The van der Waals surface area contributed by atoms with Gasteiger partial charge in [0.2, 0.25) is 5.84 Å². The fraction of sp³-hybridized carbons (Fsp3) is 0.900. The van der Waals surface area contributed by atoms with Gasteiger partial charge < -0.3 is 0 Å². The number of alkyl halides is 3. The monoisotopic (exact) mass is 251 g/mol. The van der Waals surface area contributed by atoms with Crippen molar-refractivity contribution in [3.63, 3.8) is 0 Å². The van der Waals surface area contributed by atoms with Crippen LogP contribution in [0.2, 0.25) is 0 Å². The van der Waals surface area contributed by atoms with Gasteiger partial charge in [0.15, 0.2) is 6.04 Å². The van der Waals surface area contributed by atoms with Gasteiger partial charge in [0, 0.05) is 6.42 Å². The molecule has 0 spiro atoms. The first kappa shape index (κ1) is 13.5. The molecule has 0 saturated carbocycles. The second-order valence-corrected chi connectivity index (χ2v) is 5.48. The van der Waals surface area contributed by atoms with Crippen molar-refractivity contribution in [1.82, 2.24) is 4.57 Å². The quantitative estimate of drug-likeness (QED) is 0.695. The van der Waals surface area contributed by atoms with Crippen LogP contribution in [0.1, 0.15) is 40.5 Å². The van der Waals surface area contributed by atoms with Crippen molar-refractivity contribution in [2.24, 2.45) is 0 Å². The topological polar surface area (TPSA) is 6.25 Å². The van der Waals surface area contributed by atoms with E-state index in [-0.39, 0.29) is 15.9 Å². The lowest BCUT2D eigenvalue weighted by Crippen LogP contribution is -2.63. The zero-order valence-electron chi connectivity index (χ0n) is 10.1. The molecule has 1 aliphatic rings. The van der Waals surface area contributed by atoms with Crippen LogP contribution < -0.4 is 0 Å². The Kier molecular flexibility index (Phi) is 4.04. The molecule has 0 aromatic rings. The second-order valence-electron chi connectivity index (χ2n) is 4.32. The van der Waals surface area contributed by atoms with E-state index in [9.17, 15) is 13.2 Å². The molecule has 1 atom stereocenters. The van der Waals surface area contributed by atoms with Gasteiger partial charge in [-0.3, -0.25) is 8.81 Å². The fourth-order valence-corrected chi connectivity index (χ4v) is 2.95. The summed E-state index contributed by atoms with van der Waals surface area (Å²) in [6.07, 6.45) is -2.52. The van der Waals surface area contributed by atoms with Gasteiger partial charge in [-0.1, -0.05) is 6.92 Å². The summed E-state index contributed by atoms with van der Waals surface area (Å²) in [7, 11) is 0.137. The van der Waals surface area contributed by atoms with Crippen LogP contribution in [-0.4, -0.2) is 42.7 Å². The molecule has 6 heteroatoms. The molecule has 0 aliphatic carbocycles. The number of hydrogen-bond acceptors (Lipinski definition) is 1. The highest BCUT2D eigenvalue weighted by Gasteiger charge is 2.51. The maximum atomic E-state index is 12.6. The van der Waals surface area contributed by atoms with E-state index >= 15 is 0 Å². The van der Waals surface area contributed by atoms with Crippen LogP contribution in [0.4, 0.5) is 13.2 Å². The summed E-state index contributed by atoms with van der Waals surface area (Å²) in [6.45, 7) is 7.25. The molecule has 1 rings (SSSR count). The van der Waals surface area contributed by atoms with Crippen molar-refractivity contribution in [2.45, 2.75) is 58.8 Å². The molecule has 1 heterocycles. The molecule has 0 N–H and O–H groups in total. The third-order valence-corrected chi connectivity index (χ3v) is 4.47. The molecule has 2 nitrogen and oxygen atoms in total. The Morgan fingerprint density at radius 2 is 1.88 bits per heavy atom. The zero-order chi connectivity index (χ0) is 12.5. The van der Waals surface area contributed by atoms with Crippen molar-refractivity contribution in [3.05, 3.63) is 0 Å². The molecular weight excluding hydrogens is 233 g/mol. The lowest BCUT2D eigenvalue weighted by atomic mass is 10.2. The SMILES string of the molecule is CCCC1=[N+](C(C)C(F)(F)F)[Si]N1C(C)C. The summed E-state index contributed by atoms with van der Waals surface area (Å²) in [4.78, 5) is 0. The Morgan fingerprint density at radius 1 is 1.31 bits per heavy atom. The predicted molar refractivity (Wildman–Crippen MR) is 58.4 cm³/mol. The van der Waals surface area contributed by atoms with Crippen molar-refractivity contribution >= 4 is 15.7 Å². The molecule has 2 radical (unpaired) electrons. The molecule has 16 heavy (non-hydrogen) atoms. The summed E-state index contributed by atoms with van der Waals surface area (Å²) in [5.74, 6) is 0.848. The summed E-state index contributed by atoms with van der Waals surface area (Å²) in [5, 5.41) is 0. The smallest absolute Gasteiger partial charge is 0.271 e. The number of hydrogen-bond donors (Lipinski definition) is 0. The highest BCUT2D eigenvalue weighted by molar-refractivity contribution is 6.35. The first-order chi connectivity index (χ1) is 7.29. The van der Waals surface area contributed by atoms with E-state index in [1.54, 1.807) is 0 Å². The van der Waals surface area contributed by atoms with E-state index in [0.717, 1.165) is 18.7 Å². The molecule has 1 aliphatic heterocycles. The van der Waals surface area contributed by atoms with Crippen molar-refractivity contribution in [2.75, 3.05) is 0 Å². The molecule has 1 unspecified atom stereocenters. The number of amidine groups is 1. The van der Waals surface area contributed by atoms with Gasteiger partial charge in [0.25, 0.3) is 0 Å². The normalized spacial score (nSPS) is 19.1. The van der Waals surface area contributed by atoms with Crippen molar-refractivity contribution in [1.29, 1.82) is 0 Å². The standard InChI is InChI=1S/C10H18F3N2Si/c1-5-6-9-14(7(2)3)16-15(9)8(4)10(11,12)13/h7-8H,5-6H2,1-4H3/q+1. The van der Waals surface area contributed by atoms with E-state index in [2.05, 4.69) is 4.57 Å². The molecular formula is C10H18F3N2Si+. The highest BCUT2D eigenvalue weighted by atomic mass is 28.2. The van der Waals surface area contributed by atoms with Crippen LogP contribution in [0, 0.1) is 0 Å². The van der Waals surface area contributed by atoms with Gasteiger partial charge in [-0.05, 0) is 27.2 Å². The minimum absolute atomic E-state index is 0.137. The van der Waals surface area contributed by atoms with Crippen LogP contribution in [-0.2, 0) is 0 Å². The Labute approximate surface area is 97.1 Å². The zero-order valence-corrected chi connectivity index (χ0v) is 11.1. The molecule has 0 amide bonds. The summed E-state index contributed by atoms with van der Waals surface area (Å²) < 4.78 is 41.3. The average molecular weight is 251 g/mol. The summed E-state index contributed by atoms with van der Waals surface area (Å²) in [5.41, 5.74) is 0. The van der Waals surface area contributed by atoms with Crippen LogP contribution in [0.15, 0.2) is 0 Å². The Balaban J connectivity index is 2.86. The summed E-state index contributed by atoms with van der Waals surface area (Å²) >= 11 is 0. The van der Waals surface area contributed by atoms with E-state index in [1.165, 1.54) is 11.2 Å².